The van der Waals surface area contributed by atoms with Gasteiger partial charge in [-0.15, -0.1) is 0 Å². The number of thioether (sulfide) groups is 1. The highest BCUT2D eigenvalue weighted by Crippen LogP contribution is 2.34. The Bertz CT molecular complexity index is 605. The fraction of sp³-hybridized carbons (Fsp3) is 0.529. The fourth-order valence-corrected chi connectivity index (χ4v) is 4.69. The Balaban J connectivity index is 2.06. The summed E-state index contributed by atoms with van der Waals surface area (Å²) in [6, 6.07) is 8.00. The number of nitrogens with zero attached hydrogens (tertiary/aromatic N) is 2. The van der Waals surface area contributed by atoms with Gasteiger partial charge in [-0.1, -0.05) is 54.6 Å². The molecule has 2 rings (SSSR count). The zero-order chi connectivity index (χ0) is 17.6. The highest BCUT2D eigenvalue weighted by Gasteiger charge is 2.34. The molecule has 7 heteroatoms. The Morgan fingerprint density at radius 3 is 2.88 bits per heavy atom. The molecule has 0 spiro atoms. The number of methoxy groups -OCH3 is 1. The van der Waals surface area contributed by atoms with Crippen LogP contribution in [0.3, 0.4) is 0 Å². The first-order chi connectivity index (χ1) is 11.5. The number of ether oxygens (including phenoxy) is 1. The van der Waals surface area contributed by atoms with Crippen LogP contribution in [0, 0.1) is 5.41 Å². The van der Waals surface area contributed by atoms with Crippen molar-refractivity contribution in [1.29, 1.82) is 0 Å². The minimum absolute atomic E-state index is 0.0683. The van der Waals surface area contributed by atoms with Crippen molar-refractivity contribution in [2.45, 2.75) is 20.3 Å². The highest BCUT2D eigenvalue weighted by molar-refractivity contribution is 8.82. The van der Waals surface area contributed by atoms with Crippen molar-refractivity contribution in [2.75, 3.05) is 32.2 Å². The molecule has 1 aromatic carbocycles. The third-order valence-electron chi connectivity index (χ3n) is 3.60. The number of amides is 1. The largest absolute Gasteiger partial charge is 0.496 e. The molecule has 1 aliphatic heterocycles. The molecule has 4 nitrogen and oxygen atoms in total. The van der Waals surface area contributed by atoms with Gasteiger partial charge >= 0.3 is 0 Å². The molecule has 0 bridgehead atoms. The monoisotopic (exact) mass is 384 g/mol. The predicted octanol–water partition coefficient (Wildman–Crippen LogP) is 4.80. The van der Waals surface area contributed by atoms with E-state index >= 15 is 0 Å². The normalized spacial score (nSPS) is 18.7. The highest BCUT2D eigenvalue weighted by atomic mass is 33.1. The first-order valence-electron chi connectivity index (χ1n) is 7.78. The summed E-state index contributed by atoms with van der Waals surface area (Å²) in [5.74, 6) is 1.87. The van der Waals surface area contributed by atoms with Gasteiger partial charge in [0.15, 0.2) is 5.17 Å². The first kappa shape index (κ1) is 19.5. The first-order valence-corrected chi connectivity index (χ1v) is 11.3. The van der Waals surface area contributed by atoms with Gasteiger partial charge in [-0.05, 0) is 29.7 Å². The molecule has 1 aliphatic rings. The number of para-hydroxylation sites is 1. The second-order valence-electron chi connectivity index (χ2n) is 6.28. The minimum Gasteiger partial charge on any atom is -0.496 e. The van der Waals surface area contributed by atoms with Crippen LogP contribution in [0.5, 0.6) is 5.75 Å². The molecule has 0 unspecified atom stereocenters. The van der Waals surface area contributed by atoms with Crippen molar-refractivity contribution >= 4 is 43.8 Å². The topological polar surface area (TPSA) is 41.9 Å². The number of rotatable bonds is 5. The molecule has 1 saturated heterocycles. The van der Waals surface area contributed by atoms with Crippen molar-refractivity contribution in [3.05, 3.63) is 29.8 Å². The van der Waals surface area contributed by atoms with Crippen LogP contribution in [0.2, 0.25) is 0 Å². The number of amidine groups is 1. The Kier molecular flexibility index (Phi) is 7.37. The lowest BCUT2D eigenvalue weighted by Crippen LogP contribution is -2.45. The van der Waals surface area contributed by atoms with Gasteiger partial charge in [0.05, 0.1) is 7.11 Å². The summed E-state index contributed by atoms with van der Waals surface area (Å²) in [4.78, 5) is 18.9. The van der Waals surface area contributed by atoms with Crippen LogP contribution in [0.1, 0.15) is 19.4 Å². The number of aliphatic imine (C=N–C) groups is 1. The SMILES string of the molecule is COc1ccccc1CCN=C1SCC(C)(C)CN1C(=O)SSC. The summed E-state index contributed by atoms with van der Waals surface area (Å²) >= 11 is 1.68. The third-order valence-corrected chi connectivity index (χ3v) is 6.60. The molecule has 0 aliphatic carbocycles. The zero-order valence-corrected chi connectivity index (χ0v) is 17.0. The van der Waals surface area contributed by atoms with E-state index in [0.717, 1.165) is 35.2 Å². The van der Waals surface area contributed by atoms with Crippen molar-refractivity contribution < 1.29 is 9.53 Å². The van der Waals surface area contributed by atoms with E-state index < -0.39 is 0 Å². The summed E-state index contributed by atoms with van der Waals surface area (Å²) in [5, 5.41) is 0.912. The quantitative estimate of drug-likeness (QED) is 0.682. The zero-order valence-electron chi connectivity index (χ0n) is 14.6. The van der Waals surface area contributed by atoms with Gasteiger partial charge in [0, 0.05) is 29.6 Å². The van der Waals surface area contributed by atoms with Crippen molar-refractivity contribution in [3.8, 4) is 5.75 Å². The van der Waals surface area contributed by atoms with Crippen LogP contribution in [-0.4, -0.2) is 47.5 Å². The Morgan fingerprint density at radius 1 is 1.42 bits per heavy atom. The van der Waals surface area contributed by atoms with Gasteiger partial charge in [-0.3, -0.25) is 14.7 Å². The van der Waals surface area contributed by atoms with Crippen molar-refractivity contribution in [1.82, 2.24) is 4.90 Å². The molecule has 24 heavy (non-hydrogen) atoms. The van der Waals surface area contributed by atoms with Gasteiger partial charge in [0.2, 0.25) is 0 Å². The molecule has 132 valence electrons. The number of hydrogen-bond donors (Lipinski definition) is 0. The van der Waals surface area contributed by atoms with E-state index in [1.165, 1.54) is 21.6 Å². The maximum Gasteiger partial charge on any atom is 0.298 e. The maximum absolute atomic E-state index is 12.4. The summed E-state index contributed by atoms with van der Waals surface area (Å²) in [5.41, 5.74) is 1.25. The van der Waals surface area contributed by atoms with Crippen LogP contribution in [-0.2, 0) is 6.42 Å². The molecule has 0 aromatic heterocycles. The fourth-order valence-electron chi connectivity index (χ4n) is 2.45. The summed E-state index contributed by atoms with van der Waals surface area (Å²) in [7, 11) is 4.43. The van der Waals surface area contributed by atoms with Gasteiger partial charge in [0.1, 0.15) is 5.75 Å². The average molecular weight is 385 g/mol. The number of carbonyl (C=O) groups excluding carboxylic acids is 1. The second-order valence-corrected chi connectivity index (χ2v) is 9.57. The number of benzene rings is 1. The molecule has 1 aromatic rings. The standard InChI is InChI=1S/C17H24N2O2S3/c1-17(2)11-19(16(20)24-22-4)15(23-12-17)18-10-9-13-7-5-6-8-14(13)21-3/h5-8H,9-12H2,1-4H3. The van der Waals surface area contributed by atoms with Crippen LogP contribution < -0.4 is 4.74 Å². The summed E-state index contributed by atoms with van der Waals surface area (Å²) in [6.45, 7) is 5.75. The molecule has 0 atom stereocenters. The van der Waals surface area contributed by atoms with E-state index in [0.29, 0.717) is 6.54 Å². The smallest absolute Gasteiger partial charge is 0.298 e. The van der Waals surface area contributed by atoms with Crippen LogP contribution in [0.15, 0.2) is 29.3 Å². The van der Waals surface area contributed by atoms with E-state index in [1.807, 2.05) is 29.4 Å². The van der Waals surface area contributed by atoms with E-state index in [2.05, 4.69) is 19.9 Å². The summed E-state index contributed by atoms with van der Waals surface area (Å²) in [6.07, 6.45) is 2.72. The molecule has 1 heterocycles. The molecule has 0 radical (unpaired) electrons. The Labute approximate surface area is 156 Å². The lowest BCUT2D eigenvalue weighted by molar-refractivity contribution is 0.229. The van der Waals surface area contributed by atoms with Gasteiger partial charge in [-0.25, -0.2) is 0 Å². The number of hydrogen-bond acceptors (Lipinski definition) is 6. The lowest BCUT2D eigenvalue weighted by Gasteiger charge is -2.37. The molecular weight excluding hydrogens is 360 g/mol. The van der Waals surface area contributed by atoms with Crippen molar-refractivity contribution in [2.24, 2.45) is 10.4 Å². The minimum atomic E-state index is 0.0683. The van der Waals surface area contributed by atoms with Crippen LogP contribution in [0.25, 0.3) is 0 Å². The molecule has 1 fully saturated rings. The lowest BCUT2D eigenvalue weighted by atomic mass is 9.96. The van der Waals surface area contributed by atoms with E-state index in [-0.39, 0.29) is 10.7 Å². The molecule has 0 N–H and O–H groups in total. The van der Waals surface area contributed by atoms with E-state index in [4.69, 9.17) is 9.73 Å². The van der Waals surface area contributed by atoms with Gasteiger partial charge in [-0.2, -0.15) is 0 Å². The summed E-state index contributed by atoms with van der Waals surface area (Å²) < 4.78 is 5.38. The third kappa shape index (κ3) is 5.36. The van der Waals surface area contributed by atoms with Crippen molar-refractivity contribution in [3.63, 3.8) is 0 Å². The predicted molar refractivity (Wildman–Crippen MR) is 108 cm³/mol. The van der Waals surface area contributed by atoms with Crippen LogP contribution >= 0.6 is 33.3 Å². The average Bonchev–Trinajstić information content (AvgIpc) is 2.56. The van der Waals surface area contributed by atoms with Gasteiger partial charge < -0.3 is 4.74 Å². The second kappa shape index (κ2) is 9.06. The maximum atomic E-state index is 12.4. The Hall–Kier alpha value is -0.790. The van der Waals surface area contributed by atoms with Gasteiger partial charge in [0.25, 0.3) is 5.24 Å². The van der Waals surface area contributed by atoms with Crippen LogP contribution in [0.4, 0.5) is 4.79 Å². The molecule has 1 amide bonds. The molecular formula is C17H24N2O2S3. The van der Waals surface area contributed by atoms with E-state index in [9.17, 15) is 4.79 Å². The number of carbonyl (C=O) groups is 1. The Morgan fingerprint density at radius 2 is 2.17 bits per heavy atom. The molecule has 0 saturated carbocycles. The van der Waals surface area contributed by atoms with E-state index in [1.54, 1.807) is 18.9 Å².